The van der Waals surface area contributed by atoms with Crippen LogP contribution in [0.4, 0.5) is 0 Å². The number of hydrogen-bond acceptors (Lipinski definition) is 1. The third-order valence-corrected chi connectivity index (χ3v) is 0.381. The first kappa shape index (κ1) is 6.03. The highest BCUT2D eigenvalue weighted by atomic mass is 14.8. The molecule has 7 heavy (non-hydrogen) atoms. The first-order valence-corrected chi connectivity index (χ1v) is 2.15. The lowest BCUT2D eigenvalue weighted by atomic mass is 10.6. The monoisotopic (exact) mass is 97.1 g/mol. The van der Waals surface area contributed by atoms with Crippen molar-refractivity contribution in [3.63, 3.8) is 0 Å². The van der Waals surface area contributed by atoms with Crippen LogP contribution < -0.4 is 5.73 Å². The topological polar surface area (TPSA) is 30.4 Å². The molecule has 0 amide bonds. The summed E-state index contributed by atoms with van der Waals surface area (Å²) in [5.74, 6) is 0.321. The zero-order valence-corrected chi connectivity index (χ0v) is 4.44. The van der Waals surface area contributed by atoms with E-state index in [4.69, 9.17) is 5.73 Å². The summed E-state index contributed by atoms with van der Waals surface area (Å²) in [6.07, 6.45) is 0.788. The Morgan fingerprint density at radius 3 is 2.71 bits per heavy atom. The van der Waals surface area contributed by atoms with Gasteiger partial charge < -0.3 is 0 Å². The van der Waals surface area contributed by atoms with Crippen LogP contribution >= 0.6 is 0 Å². The highest BCUT2D eigenvalue weighted by Gasteiger charge is 1.79. The van der Waals surface area contributed by atoms with Gasteiger partial charge in [-0.1, -0.05) is 6.92 Å². The molecule has 0 spiro atoms. The molecule has 0 aliphatic heterocycles. The van der Waals surface area contributed by atoms with Crippen molar-refractivity contribution in [1.82, 2.24) is 0 Å². The van der Waals surface area contributed by atoms with Crippen molar-refractivity contribution < 1.29 is 0 Å². The van der Waals surface area contributed by atoms with Crippen molar-refractivity contribution in [3.8, 4) is 6.07 Å². The van der Waals surface area contributed by atoms with Gasteiger partial charge in [0.2, 0.25) is 0 Å². The minimum Gasteiger partial charge on any atom is -0.273 e. The molecule has 0 heterocycles. The van der Waals surface area contributed by atoms with Gasteiger partial charge in [-0.2, -0.15) is 4.85 Å². The van der Waals surface area contributed by atoms with Crippen LogP contribution in [0.25, 0.3) is 4.85 Å². The Hall–Kier alpha value is -0.970. The minimum atomic E-state index is 0.321. The third kappa shape index (κ3) is 5.03. The molecule has 2 heteroatoms. The first-order valence-electron chi connectivity index (χ1n) is 2.15. The molecule has 2 nitrogen and oxygen atoms in total. The van der Waals surface area contributed by atoms with E-state index in [0.29, 0.717) is 5.82 Å². The minimum absolute atomic E-state index is 0.321. The Labute approximate surface area is 43.5 Å². The molecule has 0 aromatic rings. The number of nitrogens with two attached hydrogens (primary N) is 1. The first-order chi connectivity index (χ1) is 3.27. The molecule has 0 aromatic carbocycles. The summed E-state index contributed by atoms with van der Waals surface area (Å²) in [6.45, 7) is 5.28. The van der Waals surface area contributed by atoms with Crippen molar-refractivity contribution in [1.29, 1.82) is 0 Å². The molecule has 0 saturated carbocycles. The number of hydrogen-bond donors (Lipinski definition) is 1. The van der Waals surface area contributed by atoms with Crippen LogP contribution in [0.15, 0.2) is 12.4 Å². The molecule has 0 bridgehead atoms. The molecule has 0 aromatic heterocycles. The maximum Gasteiger partial charge on any atom is 0.369 e. The normalized spacial score (nSPS) is 6.43. The highest BCUT2D eigenvalue weighted by Crippen LogP contribution is 1.77. The van der Waals surface area contributed by atoms with Crippen LogP contribution in [0.2, 0.25) is 0 Å². The van der Waals surface area contributed by atoms with E-state index in [1.165, 1.54) is 0 Å². The fourth-order valence-electron chi connectivity index (χ4n) is 0.181. The van der Waals surface area contributed by atoms with E-state index in [9.17, 15) is 0 Å². The zero-order valence-electron chi connectivity index (χ0n) is 4.44. The predicted molar refractivity (Wildman–Crippen MR) is 30.9 cm³/mol. The lowest BCUT2D eigenvalue weighted by Gasteiger charge is -1.62. The highest BCUT2D eigenvalue weighted by molar-refractivity contribution is 5.04. The SMILES string of the molecule is C=C(N)[N+]#CCC. The molecule has 0 unspecified atom stereocenters. The average molecular weight is 97.1 g/mol. The molecular weight excluding hydrogens is 88.1 g/mol. The molecule has 0 radical (unpaired) electrons. The van der Waals surface area contributed by atoms with Crippen molar-refractivity contribution in [2.75, 3.05) is 0 Å². The second-order valence-electron chi connectivity index (χ2n) is 1.11. The van der Waals surface area contributed by atoms with Crippen molar-refractivity contribution in [2.24, 2.45) is 5.73 Å². The van der Waals surface area contributed by atoms with Gasteiger partial charge in [0.15, 0.2) is 6.07 Å². The van der Waals surface area contributed by atoms with Gasteiger partial charge in [-0.15, -0.1) is 0 Å². The van der Waals surface area contributed by atoms with Gasteiger partial charge in [-0.05, 0) is 0 Å². The van der Waals surface area contributed by atoms with Crippen LogP contribution in [0.1, 0.15) is 13.3 Å². The third-order valence-electron chi connectivity index (χ3n) is 0.381. The molecular formula is C5H9N2+. The summed E-state index contributed by atoms with van der Waals surface area (Å²) in [5, 5.41) is 0. The van der Waals surface area contributed by atoms with E-state index in [0.717, 1.165) is 6.42 Å². The zero-order chi connectivity index (χ0) is 5.70. The summed E-state index contributed by atoms with van der Waals surface area (Å²) in [6, 6.07) is 2.65. The van der Waals surface area contributed by atoms with Gasteiger partial charge in [-0.25, -0.2) is 0 Å². The van der Waals surface area contributed by atoms with Crippen LogP contribution in [0, 0.1) is 6.07 Å². The second kappa shape index (κ2) is 3.23. The maximum atomic E-state index is 5.05. The van der Waals surface area contributed by atoms with Crippen LogP contribution in [-0.2, 0) is 0 Å². The van der Waals surface area contributed by atoms with Crippen LogP contribution in [0.3, 0.4) is 0 Å². The van der Waals surface area contributed by atoms with Gasteiger partial charge in [0.05, 0.1) is 6.42 Å². The Balaban J connectivity index is 3.45. The molecule has 0 saturated heterocycles. The molecule has 2 N–H and O–H groups in total. The van der Waals surface area contributed by atoms with Gasteiger partial charge >= 0.3 is 5.82 Å². The summed E-state index contributed by atoms with van der Waals surface area (Å²) in [4.78, 5) is 3.58. The standard InChI is InChI=1S/C5H9N2/c1-3-4-7-5(2)6/h2-3,6H2,1H3/q+1. The lowest BCUT2D eigenvalue weighted by Crippen LogP contribution is -1.84. The molecule has 0 rings (SSSR count). The fraction of sp³-hybridized carbons (Fsp3) is 0.400. The smallest absolute Gasteiger partial charge is 0.273 e. The Kier molecular flexibility index (Phi) is 2.78. The van der Waals surface area contributed by atoms with Crippen LogP contribution in [0.5, 0.6) is 0 Å². The van der Waals surface area contributed by atoms with E-state index < -0.39 is 0 Å². The maximum absolute atomic E-state index is 5.05. The second-order valence-corrected chi connectivity index (χ2v) is 1.11. The quantitative estimate of drug-likeness (QED) is 0.483. The van der Waals surface area contributed by atoms with E-state index in [-0.39, 0.29) is 0 Å². The Morgan fingerprint density at radius 2 is 2.57 bits per heavy atom. The van der Waals surface area contributed by atoms with Crippen molar-refractivity contribution in [3.05, 3.63) is 17.2 Å². The average Bonchev–Trinajstić information content (AvgIpc) is 1.61. The van der Waals surface area contributed by atoms with Gasteiger partial charge in [0, 0.05) is 6.58 Å². The molecule has 0 aliphatic rings. The van der Waals surface area contributed by atoms with E-state index in [2.05, 4.69) is 17.5 Å². The lowest BCUT2D eigenvalue weighted by molar-refractivity contribution is 1.27. The number of rotatable bonds is 0. The van der Waals surface area contributed by atoms with Gasteiger partial charge in [-0.3, -0.25) is 5.73 Å². The molecule has 0 atom stereocenters. The van der Waals surface area contributed by atoms with E-state index >= 15 is 0 Å². The van der Waals surface area contributed by atoms with E-state index in [1.807, 2.05) is 6.92 Å². The fourth-order valence-corrected chi connectivity index (χ4v) is 0.181. The van der Waals surface area contributed by atoms with Gasteiger partial charge in [0.25, 0.3) is 0 Å². The molecule has 0 fully saturated rings. The largest absolute Gasteiger partial charge is 0.369 e. The molecule has 38 valence electrons. The summed E-state index contributed by atoms with van der Waals surface area (Å²) in [7, 11) is 0. The summed E-state index contributed by atoms with van der Waals surface area (Å²) < 4.78 is 0. The van der Waals surface area contributed by atoms with Gasteiger partial charge in [0.1, 0.15) is 0 Å². The van der Waals surface area contributed by atoms with Crippen LogP contribution in [-0.4, -0.2) is 0 Å². The Morgan fingerprint density at radius 1 is 2.00 bits per heavy atom. The van der Waals surface area contributed by atoms with Crippen molar-refractivity contribution >= 4 is 0 Å². The summed E-state index contributed by atoms with van der Waals surface area (Å²) >= 11 is 0. The van der Waals surface area contributed by atoms with E-state index in [1.54, 1.807) is 0 Å². The predicted octanol–water partition coefficient (Wildman–Crippen LogP) is 1.16. The summed E-state index contributed by atoms with van der Waals surface area (Å²) in [5.41, 5.74) is 5.05. The molecule has 0 aliphatic carbocycles. The number of nitrogens with zero attached hydrogens (tertiary/aromatic N) is 1. The van der Waals surface area contributed by atoms with Crippen molar-refractivity contribution in [2.45, 2.75) is 13.3 Å². The Bertz CT molecular complexity index is 116.